The zero-order chi connectivity index (χ0) is 14.5. The second-order valence-electron chi connectivity index (χ2n) is 4.81. The molecule has 0 radical (unpaired) electrons. The summed E-state index contributed by atoms with van der Waals surface area (Å²) in [6, 6.07) is 7.07. The summed E-state index contributed by atoms with van der Waals surface area (Å²) in [6.45, 7) is 2.71. The molecular formula is C14H16N4O2. The van der Waals surface area contributed by atoms with Gasteiger partial charge >= 0.3 is 0 Å². The largest absolute Gasteiger partial charge is 0.312 e. The van der Waals surface area contributed by atoms with Gasteiger partial charge in [0.1, 0.15) is 0 Å². The minimum Gasteiger partial charge on any atom is -0.312 e. The first-order valence-electron chi connectivity index (χ1n) is 6.60. The number of anilines is 1. The topological polar surface area (TPSA) is 86.1 Å². The summed E-state index contributed by atoms with van der Waals surface area (Å²) in [5, 5.41) is 3.52. The third-order valence-electron chi connectivity index (χ3n) is 3.43. The summed E-state index contributed by atoms with van der Waals surface area (Å²) < 4.78 is 0. The fourth-order valence-corrected chi connectivity index (χ4v) is 2.34. The number of benzene rings is 1. The Morgan fingerprint density at radius 1 is 1.45 bits per heavy atom. The van der Waals surface area contributed by atoms with Crippen molar-refractivity contribution in [1.82, 2.24) is 0 Å². The quantitative estimate of drug-likeness (QED) is 0.357. The molecule has 6 nitrogen and oxygen atoms in total. The maximum atomic E-state index is 11.9. The fourth-order valence-electron chi connectivity index (χ4n) is 2.34. The molecule has 1 aliphatic heterocycles. The van der Waals surface area contributed by atoms with E-state index in [0.29, 0.717) is 31.5 Å². The normalized spacial score (nSPS) is 17.9. The van der Waals surface area contributed by atoms with Gasteiger partial charge in [-0.25, -0.2) is 0 Å². The third kappa shape index (κ3) is 2.97. The van der Waals surface area contributed by atoms with Crippen LogP contribution < -0.4 is 4.90 Å². The Labute approximate surface area is 117 Å². The number of ketones is 1. The number of carbonyl (C=O) groups excluding carboxylic acids is 2. The smallest absolute Gasteiger partial charge is 0.227 e. The van der Waals surface area contributed by atoms with Crippen molar-refractivity contribution in [3.63, 3.8) is 0 Å². The standard InChI is InChI=1S/C14H16N4O2/c1-2-13(19)11-3-5-12(6-4-11)18-9-10(7-14(18)20)8-16-17-15/h3-6,10H,2,7-9H2,1H3. The van der Waals surface area contributed by atoms with Gasteiger partial charge in [-0.05, 0) is 35.7 Å². The van der Waals surface area contributed by atoms with Crippen molar-refractivity contribution < 1.29 is 9.59 Å². The average Bonchev–Trinajstić information content (AvgIpc) is 2.85. The first-order valence-corrected chi connectivity index (χ1v) is 6.60. The van der Waals surface area contributed by atoms with Crippen molar-refractivity contribution in [1.29, 1.82) is 0 Å². The van der Waals surface area contributed by atoms with E-state index in [1.165, 1.54) is 0 Å². The Morgan fingerprint density at radius 3 is 2.75 bits per heavy atom. The predicted octanol–water partition coefficient (Wildman–Crippen LogP) is 2.94. The van der Waals surface area contributed by atoms with Crippen LogP contribution in [-0.2, 0) is 4.79 Å². The van der Waals surface area contributed by atoms with Gasteiger partial charge in [-0.3, -0.25) is 9.59 Å². The molecule has 1 saturated heterocycles. The molecule has 1 fully saturated rings. The molecule has 0 spiro atoms. The summed E-state index contributed by atoms with van der Waals surface area (Å²) >= 11 is 0. The highest BCUT2D eigenvalue weighted by molar-refractivity contribution is 5.98. The minimum atomic E-state index is 0.0257. The Morgan fingerprint density at radius 2 is 2.15 bits per heavy atom. The van der Waals surface area contributed by atoms with E-state index < -0.39 is 0 Å². The number of carbonyl (C=O) groups is 2. The summed E-state index contributed by atoms with van der Waals surface area (Å²) in [5.74, 6) is 0.179. The number of amides is 1. The van der Waals surface area contributed by atoms with Crippen LogP contribution in [0.3, 0.4) is 0 Å². The molecule has 1 amide bonds. The molecule has 1 unspecified atom stereocenters. The lowest BCUT2D eigenvalue weighted by molar-refractivity contribution is -0.117. The molecule has 1 atom stereocenters. The van der Waals surface area contributed by atoms with Crippen molar-refractivity contribution in [3.8, 4) is 0 Å². The van der Waals surface area contributed by atoms with Gasteiger partial charge in [0.15, 0.2) is 5.78 Å². The molecule has 1 heterocycles. The molecule has 0 saturated carbocycles. The van der Waals surface area contributed by atoms with Crippen molar-refractivity contribution in [2.45, 2.75) is 19.8 Å². The summed E-state index contributed by atoms with van der Waals surface area (Å²) in [6.07, 6.45) is 0.866. The van der Waals surface area contributed by atoms with Crippen LogP contribution in [0.4, 0.5) is 5.69 Å². The maximum absolute atomic E-state index is 11.9. The van der Waals surface area contributed by atoms with Crippen molar-refractivity contribution in [2.75, 3.05) is 18.0 Å². The second kappa shape index (κ2) is 6.21. The molecule has 2 rings (SSSR count). The SMILES string of the molecule is CCC(=O)c1ccc(N2CC(CN=[N+]=[N-])CC2=O)cc1. The van der Waals surface area contributed by atoms with Crippen LogP contribution in [-0.4, -0.2) is 24.8 Å². The van der Waals surface area contributed by atoms with E-state index >= 15 is 0 Å². The fraction of sp³-hybridized carbons (Fsp3) is 0.429. The summed E-state index contributed by atoms with van der Waals surface area (Å²) in [5.41, 5.74) is 9.75. The highest BCUT2D eigenvalue weighted by atomic mass is 16.2. The third-order valence-corrected chi connectivity index (χ3v) is 3.43. The Bertz CT molecular complexity index is 561. The van der Waals surface area contributed by atoms with Crippen LogP contribution in [0, 0.1) is 5.92 Å². The van der Waals surface area contributed by atoms with Gasteiger partial charge in [-0.2, -0.15) is 0 Å². The Hall–Kier alpha value is -2.33. The monoisotopic (exact) mass is 272 g/mol. The van der Waals surface area contributed by atoms with Crippen molar-refractivity contribution >= 4 is 17.4 Å². The second-order valence-corrected chi connectivity index (χ2v) is 4.81. The van der Waals surface area contributed by atoms with E-state index in [2.05, 4.69) is 10.0 Å². The molecule has 0 aromatic heterocycles. The molecule has 1 aromatic rings. The van der Waals surface area contributed by atoms with Gasteiger partial charge in [-0.15, -0.1) is 0 Å². The summed E-state index contributed by atoms with van der Waals surface area (Å²) in [4.78, 5) is 27.9. The van der Waals surface area contributed by atoms with Gasteiger partial charge < -0.3 is 4.90 Å². The number of hydrogen-bond acceptors (Lipinski definition) is 3. The van der Waals surface area contributed by atoms with Gasteiger partial charge in [0, 0.05) is 42.1 Å². The van der Waals surface area contributed by atoms with Crippen molar-refractivity contribution in [3.05, 3.63) is 40.3 Å². The molecule has 6 heteroatoms. The molecule has 1 aromatic carbocycles. The Balaban J connectivity index is 2.10. The van der Waals surface area contributed by atoms with Crippen LogP contribution in [0.1, 0.15) is 30.1 Å². The highest BCUT2D eigenvalue weighted by Gasteiger charge is 2.29. The molecule has 0 aliphatic carbocycles. The van der Waals surface area contributed by atoms with Crippen LogP contribution >= 0.6 is 0 Å². The molecular weight excluding hydrogens is 256 g/mol. The summed E-state index contributed by atoms with van der Waals surface area (Å²) in [7, 11) is 0. The van der Waals surface area contributed by atoms with Gasteiger partial charge in [-0.1, -0.05) is 12.0 Å². The van der Waals surface area contributed by atoms with E-state index in [1.807, 2.05) is 6.92 Å². The number of rotatable bonds is 5. The molecule has 104 valence electrons. The van der Waals surface area contributed by atoms with Crippen LogP contribution in [0.2, 0.25) is 0 Å². The molecule has 0 N–H and O–H groups in total. The first kappa shape index (κ1) is 14.1. The zero-order valence-electron chi connectivity index (χ0n) is 11.3. The maximum Gasteiger partial charge on any atom is 0.227 e. The first-order chi connectivity index (χ1) is 9.65. The van der Waals surface area contributed by atoms with Crippen LogP contribution in [0.25, 0.3) is 10.4 Å². The lowest BCUT2D eigenvalue weighted by atomic mass is 10.1. The van der Waals surface area contributed by atoms with E-state index in [0.717, 1.165) is 5.69 Å². The van der Waals surface area contributed by atoms with Crippen LogP contribution in [0.15, 0.2) is 29.4 Å². The number of hydrogen-bond donors (Lipinski definition) is 0. The van der Waals surface area contributed by atoms with E-state index in [9.17, 15) is 9.59 Å². The predicted molar refractivity (Wildman–Crippen MR) is 75.5 cm³/mol. The van der Waals surface area contributed by atoms with Gasteiger partial charge in [0.05, 0.1) is 0 Å². The minimum absolute atomic E-state index is 0.0257. The van der Waals surface area contributed by atoms with Gasteiger partial charge in [0.25, 0.3) is 0 Å². The number of azide groups is 1. The molecule has 0 bridgehead atoms. The molecule has 1 aliphatic rings. The number of Topliss-reactive ketones (excluding diaryl/α,β-unsaturated/α-hetero) is 1. The highest BCUT2D eigenvalue weighted by Crippen LogP contribution is 2.25. The van der Waals surface area contributed by atoms with Crippen LogP contribution in [0.5, 0.6) is 0 Å². The van der Waals surface area contributed by atoms with E-state index in [-0.39, 0.29) is 17.6 Å². The van der Waals surface area contributed by atoms with E-state index in [1.54, 1.807) is 29.2 Å². The van der Waals surface area contributed by atoms with Gasteiger partial charge in [0.2, 0.25) is 5.91 Å². The average molecular weight is 272 g/mol. The lowest BCUT2D eigenvalue weighted by Gasteiger charge is -2.16. The van der Waals surface area contributed by atoms with Crippen molar-refractivity contribution in [2.24, 2.45) is 11.0 Å². The molecule has 20 heavy (non-hydrogen) atoms. The Kier molecular flexibility index (Phi) is 4.38. The zero-order valence-corrected chi connectivity index (χ0v) is 11.3. The lowest BCUT2D eigenvalue weighted by Crippen LogP contribution is -2.24. The van der Waals surface area contributed by atoms with E-state index in [4.69, 9.17) is 5.53 Å². The number of nitrogens with zero attached hydrogens (tertiary/aromatic N) is 4.